The Bertz CT molecular complexity index is 222. The molecule has 5 heteroatoms. The molecule has 0 spiro atoms. The largest absolute Gasteiger partial charge is 0.468 e. The number of esters is 1. The van der Waals surface area contributed by atoms with Crippen LogP contribution in [0.4, 0.5) is 0 Å². The highest BCUT2D eigenvalue weighted by atomic mass is 16.7. The van der Waals surface area contributed by atoms with E-state index in [1.54, 1.807) is 0 Å². The molecule has 16 heavy (non-hydrogen) atoms. The molecule has 0 heterocycles. The zero-order chi connectivity index (χ0) is 12.6. The molecule has 0 aromatic heterocycles. The smallest absolute Gasteiger partial charge is 0.316 e. The lowest BCUT2D eigenvalue weighted by molar-refractivity contribution is -0.168. The van der Waals surface area contributed by atoms with Crippen molar-refractivity contribution >= 4 is 11.8 Å². The predicted molar refractivity (Wildman–Crippen MR) is 57.8 cm³/mol. The molecule has 0 N–H and O–H groups in total. The number of methoxy groups -OCH3 is 3. The van der Waals surface area contributed by atoms with Crippen molar-refractivity contribution in [3.8, 4) is 0 Å². The molecular formula is C11H20O5. The van der Waals surface area contributed by atoms with Gasteiger partial charge in [0.15, 0.2) is 0 Å². The van der Waals surface area contributed by atoms with E-state index in [-0.39, 0.29) is 5.78 Å². The highest BCUT2D eigenvalue weighted by Gasteiger charge is 2.32. The molecule has 1 unspecified atom stereocenters. The molecule has 0 amide bonds. The van der Waals surface area contributed by atoms with Crippen LogP contribution in [0.3, 0.4) is 0 Å². The van der Waals surface area contributed by atoms with Gasteiger partial charge >= 0.3 is 5.97 Å². The summed E-state index contributed by atoms with van der Waals surface area (Å²) in [6.07, 6.45) is 1.16. The molecule has 0 saturated heterocycles. The molecule has 94 valence electrons. The van der Waals surface area contributed by atoms with E-state index in [1.807, 2.05) is 6.92 Å². The highest BCUT2D eigenvalue weighted by molar-refractivity contribution is 6.00. The Morgan fingerprint density at radius 3 is 2.06 bits per heavy atom. The maximum atomic E-state index is 11.9. The topological polar surface area (TPSA) is 61.8 Å². The van der Waals surface area contributed by atoms with Crippen LogP contribution in [0.5, 0.6) is 0 Å². The summed E-state index contributed by atoms with van der Waals surface area (Å²) in [5, 5.41) is 0. The van der Waals surface area contributed by atoms with E-state index in [0.29, 0.717) is 6.42 Å². The van der Waals surface area contributed by atoms with Gasteiger partial charge in [-0.15, -0.1) is 0 Å². The van der Waals surface area contributed by atoms with Crippen molar-refractivity contribution in [2.75, 3.05) is 21.3 Å². The summed E-state index contributed by atoms with van der Waals surface area (Å²) in [6.45, 7) is 1.99. The molecule has 0 rings (SSSR count). The number of ether oxygens (including phenoxy) is 3. The number of hydrogen-bond acceptors (Lipinski definition) is 5. The van der Waals surface area contributed by atoms with E-state index in [1.165, 1.54) is 21.3 Å². The van der Waals surface area contributed by atoms with Crippen molar-refractivity contribution in [1.29, 1.82) is 0 Å². The average molecular weight is 232 g/mol. The fourth-order valence-electron chi connectivity index (χ4n) is 1.42. The van der Waals surface area contributed by atoms with Crippen LogP contribution in [-0.4, -0.2) is 39.4 Å². The molecule has 0 aliphatic rings. The molecule has 1 atom stereocenters. The number of unbranched alkanes of at least 4 members (excludes halogenated alkanes) is 1. The van der Waals surface area contributed by atoms with Gasteiger partial charge in [-0.2, -0.15) is 0 Å². The quantitative estimate of drug-likeness (QED) is 0.357. The second-order valence-electron chi connectivity index (χ2n) is 3.42. The Kier molecular flexibility index (Phi) is 7.76. The first kappa shape index (κ1) is 15.1. The summed E-state index contributed by atoms with van der Waals surface area (Å²) in [6, 6.07) is 0. The Labute approximate surface area is 96.1 Å². The molecule has 0 aliphatic carbocycles. The monoisotopic (exact) mass is 232 g/mol. The maximum absolute atomic E-state index is 11.9. The first-order valence-electron chi connectivity index (χ1n) is 5.29. The molecule has 0 aromatic carbocycles. The van der Waals surface area contributed by atoms with Crippen molar-refractivity contribution in [2.24, 2.45) is 5.92 Å². The lowest BCUT2D eigenvalue weighted by atomic mass is 9.97. The molecule has 0 aliphatic heterocycles. The van der Waals surface area contributed by atoms with Crippen molar-refractivity contribution < 1.29 is 23.8 Å². The highest BCUT2D eigenvalue weighted by Crippen LogP contribution is 2.15. The predicted octanol–water partition coefficient (Wildman–Crippen LogP) is 1.15. The summed E-state index contributed by atoms with van der Waals surface area (Å²) in [5.74, 6) is -1.71. The van der Waals surface area contributed by atoms with Crippen molar-refractivity contribution in [3.05, 3.63) is 0 Å². The minimum atomic E-state index is -0.999. The maximum Gasteiger partial charge on any atom is 0.316 e. The standard InChI is InChI=1S/C11H20O5/c1-5-6-7-8(10(13)14-2)9(12)11(15-3)16-4/h8,11H,5-7H2,1-4H3. The molecule has 0 radical (unpaired) electrons. The van der Waals surface area contributed by atoms with Crippen LogP contribution in [0.25, 0.3) is 0 Å². The molecule has 0 saturated carbocycles. The number of rotatable bonds is 8. The minimum absolute atomic E-state index is 0.384. The van der Waals surface area contributed by atoms with Crippen molar-refractivity contribution in [2.45, 2.75) is 32.5 Å². The van der Waals surface area contributed by atoms with Crippen LogP contribution >= 0.6 is 0 Å². The van der Waals surface area contributed by atoms with Gasteiger partial charge < -0.3 is 14.2 Å². The lowest BCUT2D eigenvalue weighted by Gasteiger charge is -2.18. The lowest BCUT2D eigenvalue weighted by Crippen LogP contribution is -2.36. The van der Waals surface area contributed by atoms with Gasteiger partial charge in [-0.3, -0.25) is 9.59 Å². The van der Waals surface area contributed by atoms with E-state index < -0.39 is 18.2 Å². The molecule has 0 fully saturated rings. The third kappa shape index (κ3) is 4.28. The summed E-state index contributed by atoms with van der Waals surface area (Å²) >= 11 is 0. The molecule has 5 nitrogen and oxygen atoms in total. The van der Waals surface area contributed by atoms with Gasteiger partial charge in [0.1, 0.15) is 5.92 Å². The Hall–Kier alpha value is -0.940. The normalized spacial score (nSPS) is 12.6. The third-order valence-corrected chi connectivity index (χ3v) is 2.34. The summed E-state index contributed by atoms with van der Waals surface area (Å²) in [7, 11) is 3.99. The van der Waals surface area contributed by atoms with Crippen LogP contribution in [0.2, 0.25) is 0 Å². The van der Waals surface area contributed by atoms with Crippen LogP contribution in [-0.2, 0) is 23.8 Å². The van der Waals surface area contributed by atoms with Crippen LogP contribution in [0, 0.1) is 5.92 Å². The summed E-state index contributed by atoms with van der Waals surface area (Å²) in [5.41, 5.74) is 0. The van der Waals surface area contributed by atoms with Gasteiger partial charge in [0.05, 0.1) is 7.11 Å². The SMILES string of the molecule is CCCCC(C(=O)OC)C(=O)C(OC)OC. The second kappa shape index (κ2) is 8.24. The van der Waals surface area contributed by atoms with E-state index in [4.69, 9.17) is 9.47 Å². The van der Waals surface area contributed by atoms with Gasteiger partial charge in [-0.25, -0.2) is 0 Å². The summed E-state index contributed by atoms with van der Waals surface area (Å²) < 4.78 is 14.3. The van der Waals surface area contributed by atoms with E-state index >= 15 is 0 Å². The fourth-order valence-corrected chi connectivity index (χ4v) is 1.42. The van der Waals surface area contributed by atoms with Gasteiger partial charge in [-0.05, 0) is 6.42 Å². The zero-order valence-electron chi connectivity index (χ0n) is 10.3. The molecule has 0 bridgehead atoms. The fraction of sp³-hybridized carbons (Fsp3) is 0.818. The van der Waals surface area contributed by atoms with Gasteiger partial charge in [-0.1, -0.05) is 19.8 Å². The molecular weight excluding hydrogens is 212 g/mol. The third-order valence-electron chi connectivity index (χ3n) is 2.34. The van der Waals surface area contributed by atoms with Gasteiger partial charge in [0, 0.05) is 14.2 Å². The van der Waals surface area contributed by atoms with E-state index in [0.717, 1.165) is 12.8 Å². The van der Waals surface area contributed by atoms with E-state index in [2.05, 4.69) is 4.74 Å². The Morgan fingerprint density at radius 1 is 1.12 bits per heavy atom. The van der Waals surface area contributed by atoms with Crippen LogP contribution in [0.15, 0.2) is 0 Å². The Balaban J connectivity index is 4.60. The Morgan fingerprint density at radius 2 is 1.69 bits per heavy atom. The molecule has 0 aromatic rings. The summed E-state index contributed by atoms with van der Waals surface area (Å²) in [4.78, 5) is 23.3. The average Bonchev–Trinajstić information content (AvgIpc) is 2.30. The van der Waals surface area contributed by atoms with Crippen molar-refractivity contribution in [3.63, 3.8) is 0 Å². The number of carbonyl (C=O) groups excluding carboxylic acids is 2. The second-order valence-corrected chi connectivity index (χ2v) is 3.42. The number of hydrogen-bond donors (Lipinski definition) is 0. The minimum Gasteiger partial charge on any atom is -0.468 e. The number of ketones is 1. The van der Waals surface area contributed by atoms with Gasteiger partial charge in [0.25, 0.3) is 0 Å². The number of Topliss-reactive ketones (excluding diaryl/α,β-unsaturated/α-hetero) is 1. The van der Waals surface area contributed by atoms with Crippen molar-refractivity contribution in [1.82, 2.24) is 0 Å². The number of carbonyl (C=O) groups is 2. The van der Waals surface area contributed by atoms with E-state index in [9.17, 15) is 9.59 Å². The zero-order valence-corrected chi connectivity index (χ0v) is 10.3. The van der Waals surface area contributed by atoms with Gasteiger partial charge in [0.2, 0.25) is 12.1 Å². The first-order valence-corrected chi connectivity index (χ1v) is 5.29. The van der Waals surface area contributed by atoms with Crippen LogP contribution < -0.4 is 0 Å². The van der Waals surface area contributed by atoms with Crippen LogP contribution in [0.1, 0.15) is 26.2 Å². The first-order chi connectivity index (χ1) is 7.62.